The van der Waals surface area contributed by atoms with E-state index >= 15 is 0 Å². The number of hydrogen-bond acceptors (Lipinski definition) is 1. The predicted octanol–water partition coefficient (Wildman–Crippen LogP) is 17.5. The summed E-state index contributed by atoms with van der Waals surface area (Å²) in [6, 6.07) is 89.8. The molecular weight excluding hydrogens is 795 g/mol. The van der Waals surface area contributed by atoms with Gasteiger partial charge in [-0.25, -0.2) is 0 Å². The van der Waals surface area contributed by atoms with Crippen molar-refractivity contribution in [3.8, 4) is 66.8 Å². The Morgan fingerprint density at radius 3 is 1.09 bits per heavy atom. The van der Waals surface area contributed by atoms with Crippen LogP contribution in [-0.4, -0.2) is 0 Å². The first-order valence-electron chi connectivity index (χ1n) is 23.2. The van der Waals surface area contributed by atoms with E-state index < -0.39 is 0 Å². The fourth-order valence-corrected chi connectivity index (χ4v) is 10.9. The van der Waals surface area contributed by atoms with Gasteiger partial charge in [0, 0.05) is 17.1 Å². The van der Waals surface area contributed by atoms with Crippen LogP contribution in [0.3, 0.4) is 0 Å². The maximum absolute atomic E-state index is 2.44. The van der Waals surface area contributed by atoms with Crippen LogP contribution in [0.4, 0.5) is 17.1 Å². The van der Waals surface area contributed by atoms with Crippen LogP contribution >= 0.6 is 0 Å². The fourth-order valence-electron chi connectivity index (χ4n) is 10.9. The summed E-state index contributed by atoms with van der Waals surface area (Å²) in [4.78, 5) is 2.44. The molecule has 1 nitrogen and oxygen atoms in total. The van der Waals surface area contributed by atoms with E-state index in [1.54, 1.807) is 0 Å². The van der Waals surface area contributed by atoms with E-state index in [0.717, 1.165) is 11.4 Å². The Bertz CT molecular complexity index is 3360. The van der Waals surface area contributed by atoms with E-state index in [4.69, 9.17) is 0 Å². The van der Waals surface area contributed by atoms with Gasteiger partial charge >= 0.3 is 0 Å². The molecule has 66 heavy (non-hydrogen) atoms. The van der Waals surface area contributed by atoms with E-state index in [0.29, 0.717) is 0 Å². The molecule has 0 bridgehead atoms. The monoisotopic (exact) mass is 843 g/mol. The van der Waals surface area contributed by atoms with Crippen molar-refractivity contribution < 1.29 is 0 Å². The van der Waals surface area contributed by atoms with Crippen molar-refractivity contribution >= 4 is 17.1 Å². The van der Waals surface area contributed by atoms with Gasteiger partial charge in [-0.05, 0) is 142 Å². The lowest BCUT2D eigenvalue weighted by Gasteiger charge is -2.32. The lowest BCUT2D eigenvalue weighted by atomic mass is 9.70. The average molecular weight is 844 g/mol. The standard InChI is InChI=1S/C65H49N/c1-64(2,3)62-43-51(48-28-26-46(27-29-48)44-16-6-4-7-17-44)35-41-63(62)66(52-36-30-47(31-37-52)45-18-8-5-9-19-45)53-38-32-49(33-39-53)50-34-40-61-57(42-50)56-22-12-15-25-60(56)65(61)58-23-13-10-20-54(58)55-21-11-14-24-59(55)65/h4-43H,1-3H3. The Hall–Kier alpha value is -8.00. The van der Waals surface area contributed by atoms with Gasteiger partial charge in [0.25, 0.3) is 0 Å². The van der Waals surface area contributed by atoms with Crippen LogP contribution in [0.5, 0.6) is 0 Å². The van der Waals surface area contributed by atoms with Crippen LogP contribution < -0.4 is 4.90 Å². The molecule has 0 fully saturated rings. The first kappa shape index (κ1) is 39.6. The average Bonchev–Trinajstić information content (AvgIpc) is 3.84. The Labute approximate surface area is 389 Å². The Kier molecular flexibility index (Phi) is 9.36. The summed E-state index contributed by atoms with van der Waals surface area (Å²) in [6.45, 7) is 6.98. The van der Waals surface area contributed by atoms with Crippen molar-refractivity contribution in [1.82, 2.24) is 0 Å². The van der Waals surface area contributed by atoms with Gasteiger partial charge < -0.3 is 4.90 Å². The molecule has 0 aromatic heterocycles. The quantitative estimate of drug-likeness (QED) is 0.154. The maximum atomic E-state index is 2.44. The minimum atomic E-state index is -0.343. The van der Waals surface area contributed by atoms with Gasteiger partial charge in [0.1, 0.15) is 0 Å². The molecule has 1 heteroatoms. The molecule has 10 aromatic rings. The highest BCUT2D eigenvalue weighted by Gasteiger charge is 2.51. The number of fused-ring (bicyclic) bond motifs is 10. The summed E-state index contributed by atoms with van der Waals surface area (Å²) < 4.78 is 0. The van der Waals surface area contributed by atoms with Crippen molar-refractivity contribution in [2.24, 2.45) is 0 Å². The zero-order valence-corrected chi connectivity index (χ0v) is 37.5. The van der Waals surface area contributed by atoms with Crippen molar-refractivity contribution in [3.05, 3.63) is 270 Å². The third-order valence-corrected chi connectivity index (χ3v) is 14.1. The molecule has 0 N–H and O–H groups in total. The van der Waals surface area contributed by atoms with E-state index in [-0.39, 0.29) is 10.8 Å². The molecular formula is C65H49N. The van der Waals surface area contributed by atoms with Crippen LogP contribution in [0.2, 0.25) is 0 Å². The number of benzene rings is 10. The number of nitrogens with zero attached hydrogens (tertiary/aromatic N) is 1. The number of rotatable bonds is 7. The van der Waals surface area contributed by atoms with Crippen LogP contribution in [-0.2, 0) is 10.8 Å². The second-order valence-corrected chi connectivity index (χ2v) is 18.9. The summed E-state index contributed by atoms with van der Waals surface area (Å²) in [5, 5.41) is 0. The minimum absolute atomic E-state index is 0.143. The molecule has 0 aliphatic heterocycles. The lowest BCUT2D eigenvalue weighted by molar-refractivity contribution is 0.591. The SMILES string of the molecule is CC(C)(C)c1cc(-c2ccc(-c3ccccc3)cc2)ccc1N(c1ccc(-c2ccccc2)cc1)c1ccc(-c2ccc3c(c2)-c2ccccc2C32c3ccccc3-c3ccccc32)cc1. The van der Waals surface area contributed by atoms with Crippen molar-refractivity contribution in [2.75, 3.05) is 4.90 Å². The molecule has 0 atom stereocenters. The van der Waals surface area contributed by atoms with Crippen LogP contribution in [0.1, 0.15) is 48.6 Å². The van der Waals surface area contributed by atoms with Gasteiger partial charge in [-0.15, -0.1) is 0 Å². The molecule has 0 saturated carbocycles. The Morgan fingerprint density at radius 1 is 0.288 bits per heavy atom. The Balaban J connectivity index is 0.954. The summed E-state index contributed by atoms with van der Waals surface area (Å²) in [7, 11) is 0. The molecule has 0 radical (unpaired) electrons. The first-order valence-corrected chi connectivity index (χ1v) is 23.2. The second kappa shape index (κ2) is 15.6. The molecule has 2 aliphatic rings. The smallest absolute Gasteiger partial charge is 0.0725 e. The highest BCUT2D eigenvalue weighted by Crippen LogP contribution is 2.63. The van der Waals surface area contributed by atoms with E-state index in [1.807, 2.05) is 0 Å². The van der Waals surface area contributed by atoms with Crippen LogP contribution in [0.15, 0.2) is 243 Å². The summed E-state index contributed by atoms with van der Waals surface area (Å²) in [5.41, 5.74) is 24.6. The molecule has 2 aliphatic carbocycles. The van der Waals surface area contributed by atoms with Crippen LogP contribution in [0.25, 0.3) is 66.8 Å². The van der Waals surface area contributed by atoms with Gasteiger partial charge in [-0.3, -0.25) is 0 Å². The molecule has 12 rings (SSSR count). The topological polar surface area (TPSA) is 3.24 Å². The Morgan fingerprint density at radius 2 is 0.621 bits per heavy atom. The van der Waals surface area contributed by atoms with E-state index in [9.17, 15) is 0 Å². The molecule has 0 unspecified atom stereocenters. The zero-order chi connectivity index (χ0) is 44.4. The molecule has 314 valence electrons. The fraction of sp³-hybridized carbons (Fsp3) is 0.0769. The van der Waals surface area contributed by atoms with Crippen molar-refractivity contribution in [1.29, 1.82) is 0 Å². The van der Waals surface area contributed by atoms with Crippen LogP contribution in [0, 0.1) is 0 Å². The molecule has 0 heterocycles. The molecule has 1 spiro atoms. The van der Waals surface area contributed by atoms with Gasteiger partial charge in [-0.2, -0.15) is 0 Å². The summed E-state index contributed by atoms with van der Waals surface area (Å²) >= 11 is 0. The van der Waals surface area contributed by atoms with Gasteiger partial charge in [0.15, 0.2) is 0 Å². The maximum Gasteiger partial charge on any atom is 0.0725 e. The first-order chi connectivity index (χ1) is 32.4. The highest BCUT2D eigenvalue weighted by molar-refractivity contribution is 5.96. The second-order valence-electron chi connectivity index (χ2n) is 18.9. The number of hydrogen-bond donors (Lipinski definition) is 0. The molecule has 10 aromatic carbocycles. The lowest BCUT2D eigenvalue weighted by Crippen LogP contribution is -2.25. The molecule has 0 amide bonds. The highest BCUT2D eigenvalue weighted by atomic mass is 15.1. The largest absolute Gasteiger partial charge is 0.310 e. The third kappa shape index (κ3) is 6.38. The number of anilines is 3. The summed E-state index contributed by atoms with van der Waals surface area (Å²) in [6.07, 6.45) is 0. The van der Waals surface area contributed by atoms with Gasteiger partial charge in [0.2, 0.25) is 0 Å². The third-order valence-electron chi connectivity index (χ3n) is 14.1. The summed E-state index contributed by atoms with van der Waals surface area (Å²) in [5.74, 6) is 0. The zero-order valence-electron chi connectivity index (χ0n) is 37.5. The van der Waals surface area contributed by atoms with Crippen molar-refractivity contribution in [2.45, 2.75) is 31.6 Å². The minimum Gasteiger partial charge on any atom is -0.310 e. The van der Waals surface area contributed by atoms with Crippen molar-refractivity contribution in [3.63, 3.8) is 0 Å². The predicted molar refractivity (Wildman–Crippen MR) is 278 cm³/mol. The van der Waals surface area contributed by atoms with E-state index in [1.165, 1.54) is 100 Å². The van der Waals surface area contributed by atoms with E-state index in [2.05, 4.69) is 268 Å². The van der Waals surface area contributed by atoms with Gasteiger partial charge in [0.05, 0.1) is 5.41 Å². The van der Waals surface area contributed by atoms with Gasteiger partial charge in [-0.1, -0.05) is 221 Å². The molecule has 0 saturated heterocycles. The normalized spacial score (nSPS) is 12.9.